The predicted molar refractivity (Wildman–Crippen MR) is 116 cm³/mol. The summed E-state index contributed by atoms with van der Waals surface area (Å²) in [5.41, 5.74) is 1.72. The number of benzene rings is 1. The van der Waals surface area contributed by atoms with Crippen molar-refractivity contribution in [2.45, 2.75) is 46.2 Å². The van der Waals surface area contributed by atoms with Crippen LogP contribution in [0.3, 0.4) is 0 Å². The molecule has 0 radical (unpaired) electrons. The first kappa shape index (κ1) is 21.5. The molecule has 1 N–H and O–H groups in total. The van der Waals surface area contributed by atoms with E-state index in [4.69, 9.17) is 0 Å². The number of fused-ring (bicyclic) bond motifs is 1. The molecule has 0 spiro atoms. The lowest BCUT2D eigenvalue weighted by atomic mass is 9.93. The van der Waals surface area contributed by atoms with Crippen LogP contribution in [0.2, 0.25) is 0 Å². The zero-order chi connectivity index (χ0) is 22.2. The Labute approximate surface area is 175 Å². The fourth-order valence-corrected chi connectivity index (χ4v) is 3.62. The molecule has 30 heavy (non-hydrogen) atoms. The van der Waals surface area contributed by atoms with Crippen molar-refractivity contribution in [3.63, 3.8) is 0 Å². The number of hydrogen-bond acceptors (Lipinski definition) is 4. The Morgan fingerprint density at radius 1 is 1.03 bits per heavy atom. The molecule has 0 aliphatic carbocycles. The molecule has 2 heterocycles. The van der Waals surface area contributed by atoms with Gasteiger partial charge >= 0.3 is 5.69 Å². The van der Waals surface area contributed by atoms with Gasteiger partial charge in [0.05, 0.1) is 12.4 Å². The Bertz CT molecular complexity index is 1180. The van der Waals surface area contributed by atoms with E-state index in [2.05, 4.69) is 36.3 Å². The monoisotopic (exact) mass is 411 g/mol. The molecule has 1 aromatic carbocycles. The number of rotatable bonds is 6. The Kier molecular flexibility index (Phi) is 5.96. The van der Waals surface area contributed by atoms with Crippen LogP contribution in [0.25, 0.3) is 11.2 Å². The Morgan fingerprint density at radius 3 is 2.20 bits per heavy atom. The minimum absolute atomic E-state index is 0.137. The molecule has 0 aliphatic rings. The van der Waals surface area contributed by atoms with Gasteiger partial charge in [0.1, 0.15) is 6.54 Å². The number of nitrogens with zero attached hydrogens (tertiary/aromatic N) is 4. The maximum absolute atomic E-state index is 12.8. The molecule has 0 aliphatic heterocycles. The van der Waals surface area contributed by atoms with Gasteiger partial charge in [-0.2, -0.15) is 0 Å². The highest BCUT2D eigenvalue weighted by Gasteiger charge is 2.21. The number of carbonyl (C=O) groups is 1. The first-order chi connectivity index (χ1) is 14.1. The summed E-state index contributed by atoms with van der Waals surface area (Å²) in [4.78, 5) is 42.4. The lowest BCUT2D eigenvalue weighted by Gasteiger charge is -2.23. The van der Waals surface area contributed by atoms with Crippen LogP contribution in [-0.2, 0) is 25.4 Å². The third-order valence-electron chi connectivity index (χ3n) is 5.45. The highest BCUT2D eigenvalue weighted by atomic mass is 16.2. The molecule has 1 amide bonds. The predicted octanol–water partition coefficient (Wildman–Crippen LogP) is 2.07. The van der Waals surface area contributed by atoms with Crippen LogP contribution >= 0.6 is 0 Å². The Hall–Kier alpha value is -3.16. The average Bonchev–Trinajstić information content (AvgIpc) is 3.09. The maximum Gasteiger partial charge on any atom is 0.332 e. The van der Waals surface area contributed by atoms with Crippen molar-refractivity contribution in [2.24, 2.45) is 20.0 Å². The molecular formula is C22H29N5O3. The lowest BCUT2D eigenvalue weighted by molar-refractivity contribution is -0.122. The summed E-state index contributed by atoms with van der Waals surface area (Å²) < 4.78 is 3.80. The van der Waals surface area contributed by atoms with E-state index < -0.39 is 11.2 Å². The van der Waals surface area contributed by atoms with Crippen LogP contribution in [-0.4, -0.2) is 24.6 Å². The van der Waals surface area contributed by atoms with Gasteiger partial charge in [0.2, 0.25) is 5.91 Å². The molecule has 0 bridgehead atoms. The van der Waals surface area contributed by atoms with Gasteiger partial charge in [-0.3, -0.25) is 14.2 Å². The summed E-state index contributed by atoms with van der Waals surface area (Å²) in [6.45, 7) is 7.96. The third-order valence-corrected chi connectivity index (χ3v) is 5.45. The van der Waals surface area contributed by atoms with Crippen LogP contribution in [0.1, 0.15) is 50.8 Å². The summed E-state index contributed by atoms with van der Waals surface area (Å²) in [6, 6.07) is 7.95. The molecule has 8 nitrogen and oxygen atoms in total. The molecular weight excluding hydrogens is 382 g/mol. The standard InChI is InChI=1S/C22H29N5O3/c1-13(2)15-7-9-16(10-8-15)18(14(3)4)24-17(28)11-27-21(29)19-20(23-12-25(19)5)26(6)22(27)30/h7-10,12-14,18H,11H2,1-6H3,(H,24,28)/t18-/m1/s1. The molecule has 0 fully saturated rings. The molecule has 0 saturated heterocycles. The van der Waals surface area contributed by atoms with Gasteiger partial charge in [0.25, 0.3) is 5.56 Å². The van der Waals surface area contributed by atoms with Crippen molar-refractivity contribution in [1.29, 1.82) is 0 Å². The second kappa shape index (κ2) is 8.30. The number of nitrogens with one attached hydrogen (secondary N) is 1. The van der Waals surface area contributed by atoms with Crippen LogP contribution in [0.4, 0.5) is 0 Å². The number of imidazole rings is 1. The minimum atomic E-state index is -0.566. The van der Waals surface area contributed by atoms with Gasteiger partial charge in [-0.05, 0) is 23.0 Å². The highest BCUT2D eigenvalue weighted by molar-refractivity contribution is 5.77. The molecule has 1 atom stereocenters. The lowest BCUT2D eigenvalue weighted by Crippen LogP contribution is -2.44. The van der Waals surface area contributed by atoms with Gasteiger partial charge in [-0.1, -0.05) is 52.0 Å². The summed E-state index contributed by atoms with van der Waals surface area (Å²) in [7, 11) is 3.22. The van der Waals surface area contributed by atoms with E-state index in [-0.39, 0.29) is 29.9 Å². The molecule has 160 valence electrons. The van der Waals surface area contributed by atoms with Crippen LogP contribution in [0, 0.1) is 5.92 Å². The Morgan fingerprint density at radius 2 is 1.63 bits per heavy atom. The summed E-state index contributed by atoms with van der Waals surface area (Å²) >= 11 is 0. The largest absolute Gasteiger partial charge is 0.347 e. The number of hydrogen-bond donors (Lipinski definition) is 1. The molecule has 3 aromatic rings. The van der Waals surface area contributed by atoms with E-state index in [9.17, 15) is 14.4 Å². The normalized spacial score (nSPS) is 12.7. The summed E-state index contributed by atoms with van der Waals surface area (Å²) in [5, 5.41) is 2.99. The molecule has 8 heteroatoms. The van der Waals surface area contributed by atoms with Crippen molar-refractivity contribution in [3.8, 4) is 0 Å². The van der Waals surface area contributed by atoms with Crippen LogP contribution in [0.5, 0.6) is 0 Å². The number of aryl methyl sites for hydroxylation is 2. The molecule has 2 aromatic heterocycles. The van der Waals surface area contributed by atoms with Gasteiger partial charge in [-0.15, -0.1) is 0 Å². The number of amides is 1. The number of carbonyl (C=O) groups excluding carboxylic acids is 1. The molecule has 0 unspecified atom stereocenters. The SMILES string of the molecule is CC(C)c1ccc([C@H](NC(=O)Cn2c(=O)c3c(ncn3C)n(C)c2=O)C(C)C)cc1. The van der Waals surface area contributed by atoms with E-state index in [0.29, 0.717) is 11.6 Å². The van der Waals surface area contributed by atoms with Crippen LogP contribution in [0.15, 0.2) is 40.2 Å². The van der Waals surface area contributed by atoms with Gasteiger partial charge in [-0.25, -0.2) is 14.3 Å². The van der Waals surface area contributed by atoms with Gasteiger partial charge < -0.3 is 9.88 Å². The van der Waals surface area contributed by atoms with Crippen LogP contribution < -0.4 is 16.6 Å². The van der Waals surface area contributed by atoms with Crippen molar-refractivity contribution >= 4 is 17.1 Å². The van der Waals surface area contributed by atoms with Gasteiger partial charge in [0, 0.05) is 14.1 Å². The second-order valence-electron chi connectivity index (χ2n) is 8.37. The first-order valence-electron chi connectivity index (χ1n) is 10.1. The van der Waals surface area contributed by atoms with Crippen molar-refractivity contribution in [3.05, 3.63) is 62.6 Å². The fraction of sp³-hybridized carbons (Fsp3) is 0.455. The van der Waals surface area contributed by atoms with E-state index in [1.54, 1.807) is 18.7 Å². The van der Waals surface area contributed by atoms with E-state index in [1.165, 1.54) is 16.5 Å². The quantitative estimate of drug-likeness (QED) is 0.672. The minimum Gasteiger partial charge on any atom is -0.347 e. The molecule has 0 saturated carbocycles. The van der Waals surface area contributed by atoms with Crippen molar-refractivity contribution in [1.82, 2.24) is 24.0 Å². The molecule has 3 rings (SSSR count). The van der Waals surface area contributed by atoms with E-state index in [1.807, 2.05) is 26.0 Å². The van der Waals surface area contributed by atoms with Crippen molar-refractivity contribution < 1.29 is 4.79 Å². The topological polar surface area (TPSA) is 90.9 Å². The summed E-state index contributed by atoms with van der Waals surface area (Å²) in [5.74, 6) is 0.177. The van der Waals surface area contributed by atoms with Crippen molar-refractivity contribution in [2.75, 3.05) is 0 Å². The third kappa shape index (κ3) is 3.94. The Balaban J connectivity index is 1.89. The number of aromatic nitrogens is 4. The zero-order valence-corrected chi connectivity index (χ0v) is 18.3. The average molecular weight is 412 g/mol. The maximum atomic E-state index is 12.8. The van der Waals surface area contributed by atoms with E-state index >= 15 is 0 Å². The zero-order valence-electron chi connectivity index (χ0n) is 18.3. The van der Waals surface area contributed by atoms with E-state index in [0.717, 1.165) is 10.1 Å². The summed E-state index contributed by atoms with van der Waals surface area (Å²) in [6.07, 6.45) is 1.48. The van der Waals surface area contributed by atoms with Gasteiger partial charge in [0.15, 0.2) is 11.2 Å². The fourth-order valence-electron chi connectivity index (χ4n) is 3.62. The first-order valence-corrected chi connectivity index (χ1v) is 10.1. The smallest absolute Gasteiger partial charge is 0.332 e. The highest BCUT2D eigenvalue weighted by Crippen LogP contribution is 2.24. The second-order valence-corrected chi connectivity index (χ2v) is 8.37.